The van der Waals surface area contributed by atoms with Crippen molar-refractivity contribution in [3.8, 4) is 5.88 Å². The van der Waals surface area contributed by atoms with E-state index in [0.717, 1.165) is 36.8 Å². The van der Waals surface area contributed by atoms with Crippen molar-refractivity contribution >= 4 is 0 Å². The lowest BCUT2D eigenvalue weighted by atomic mass is 10.1. The number of nitrogens with zero attached hydrogens (tertiary/aromatic N) is 3. The molecule has 0 amide bonds. The molecule has 0 fully saturated rings. The van der Waals surface area contributed by atoms with Crippen molar-refractivity contribution < 1.29 is 4.74 Å². The van der Waals surface area contributed by atoms with Gasteiger partial charge in [-0.25, -0.2) is 4.68 Å². The lowest BCUT2D eigenvalue weighted by Gasteiger charge is -2.14. The van der Waals surface area contributed by atoms with Crippen LogP contribution in [0.25, 0.3) is 0 Å². The minimum atomic E-state index is 0.749. The highest BCUT2D eigenvalue weighted by Crippen LogP contribution is 2.20. The Morgan fingerprint density at radius 2 is 1.86 bits per heavy atom. The standard InChI is InChI=1S/C17H26N4O/c1-13-16(17(22-5)21(4)19-13)11-18-10-14-8-6-7-9-15(14)12-20(2)3/h6-9,18H,10-12H2,1-5H3. The Balaban J connectivity index is 2.03. The van der Waals surface area contributed by atoms with Crippen molar-refractivity contribution in [2.75, 3.05) is 21.2 Å². The molecule has 2 rings (SSSR count). The minimum absolute atomic E-state index is 0.749. The van der Waals surface area contributed by atoms with E-state index in [9.17, 15) is 0 Å². The Morgan fingerprint density at radius 1 is 1.18 bits per heavy atom. The van der Waals surface area contributed by atoms with E-state index in [2.05, 4.69) is 53.7 Å². The zero-order valence-corrected chi connectivity index (χ0v) is 14.2. The van der Waals surface area contributed by atoms with Gasteiger partial charge in [0.05, 0.1) is 18.4 Å². The third-order valence-electron chi connectivity index (χ3n) is 3.70. The van der Waals surface area contributed by atoms with E-state index in [1.807, 2.05) is 14.0 Å². The van der Waals surface area contributed by atoms with Gasteiger partial charge in [-0.2, -0.15) is 5.10 Å². The SMILES string of the molecule is COc1c(CNCc2ccccc2CN(C)C)c(C)nn1C. The first-order chi connectivity index (χ1) is 10.5. The van der Waals surface area contributed by atoms with Gasteiger partial charge >= 0.3 is 0 Å². The largest absolute Gasteiger partial charge is 0.481 e. The summed E-state index contributed by atoms with van der Waals surface area (Å²) in [7, 11) is 7.77. The molecule has 0 saturated carbocycles. The zero-order valence-electron chi connectivity index (χ0n) is 14.2. The van der Waals surface area contributed by atoms with Crippen molar-refractivity contribution in [1.82, 2.24) is 20.0 Å². The number of methoxy groups -OCH3 is 1. The maximum absolute atomic E-state index is 5.43. The number of aryl methyl sites for hydroxylation is 2. The summed E-state index contributed by atoms with van der Waals surface area (Å²) < 4.78 is 7.21. The van der Waals surface area contributed by atoms with E-state index in [0.29, 0.717) is 0 Å². The molecule has 0 spiro atoms. The molecule has 0 unspecified atom stereocenters. The van der Waals surface area contributed by atoms with Gasteiger partial charge in [-0.1, -0.05) is 24.3 Å². The van der Waals surface area contributed by atoms with E-state index >= 15 is 0 Å². The van der Waals surface area contributed by atoms with Gasteiger partial charge in [-0.05, 0) is 32.1 Å². The molecule has 1 aromatic heterocycles. The molecule has 0 aliphatic heterocycles. The summed E-state index contributed by atoms with van der Waals surface area (Å²) in [5, 5.41) is 7.92. The van der Waals surface area contributed by atoms with E-state index in [4.69, 9.17) is 4.74 Å². The summed E-state index contributed by atoms with van der Waals surface area (Å²) in [5.74, 6) is 0.826. The maximum Gasteiger partial charge on any atom is 0.216 e. The number of rotatable bonds is 7. The predicted molar refractivity (Wildman–Crippen MR) is 88.9 cm³/mol. The summed E-state index contributed by atoms with van der Waals surface area (Å²) in [4.78, 5) is 2.19. The normalized spacial score (nSPS) is 11.2. The summed E-state index contributed by atoms with van der Waals surface area (Å²) in [5.41, 5.74) is 4.81. The fourth-order valence-electron chi connectivity index (χ4n) is 2.69. The van der Waals surface area contributed by atoms with E-state index in [-0.39, 0.29) is 0 Å². The number of ether oxygens (including phenoxy) is 1. The average Bonchev–Trinajstić information content (AvgIpc) is 2.74. The Kier molecular flexibility index (Phi) is 5.57. The van der Waals surface area contributed by atoms with E-state index in [1.165, 1.54) is 11.1 Å². The Morgan fingerprint density at radius 3 is 2.50 bits per heavy atom. The highest BCUT2D eigenvalue weighted by Gasteiger charge is 2.13. The summed E-state index contributed by atoms with van der Waals surface area (Å²) in [6.07, 6.45) is 0. The molecule has 0 atom stereocenters. The number of aromatic nitrogens is 2. The number of nitrogens with one attached hydrogen (secondary N) is 1. The minimum Gasteiger partial charge on any atom is -0.481 e. The van der Waals surface area contributed by atoms with Crippen LogP contribution in [0.15, 0.2) is 24.3 Å². The average molecular weight is 302 g/mol. The van der Waals surface area contributed by atoms with Crippen LogP contribution in [0, 0.1) is 6.92 Å². The summed E-state index contributed by atoms with van der Waals surface area (Å²) in [6, 6.07) is 8.55. The molecule has 5 nitrogen and oxygen atoms in total. The van der Waals surface area contributed by atoms with Gasteiger partial charge in [-0.15, -0.1) is 0 Å². The van der Waals surface area contributed by atoms with Crippen molar-refractivity contribution in [2.24, 2.45) is 7.05 Å². The van der Waals surface area contributed by atoms with Crippen LogP contribution in [0.3, 0.4) is 0 Å². The molecule has 5 heteroatoms. The highest BCUT2D eigenvalue weighted by atomic mass is 16.5. The lowest BCUT2D eigenvalue weighted by Crippen LogP contribution is -2.17. The molecule has 120 valence electrons. The molecular weight excluding hydrogens is 276 g/mol. The first-order valence-electron chi connectivity index (χ1n) is 7.51. The molecule has 1 heterocycles. The molecular formula is C17H26N4O. The van der Waals surface area contributed by atoms with Crippen molar-refractivity contribution in [3.63, 3.8) is 0 Å². The molecule has 0 bridgehead atoms. The molecule has 2 aromatic rings. The van der Waals surface area contributed by atoms with Crippen LogP contribution in [0.2, 0.25) is 0 Å². The Bertz CT molecular complexity index is 619. The smallest absolute Gasteiger partial charge is 0.216 e. The molecule has 0 aliphatic carbocycles. The predicted octanol–water partition coefficient (Wildman–Crippen LogP) is 2.09. The zero-order chi connectivity index (χ0) is 16.1. The van der Waals surface area contributed by atoms with Crippen LogP contribution < -0.4 is 10.1 Å². The second-order valence-electron chi connectivity index (χ2n) is 5.81. The Hall–Kier alpha value is -1.85. The van der Waals surface area contributed by atoms with Crippen molar-refractivity contribution in [2.45, 2.75) is 26.6 Å². The lowest BCUT2D eigenvalue weighted by molar-refractivity contribution is 0.368. The van der Waals surface area contributed by atoms with Crippen LogP contribution >= 0.6 is 0 Å². The van der Waals surface area contributed by atoms with Crippen molar-refractivity contribution in [1.29, 1.82) is 0 Å². The first kappa shape index (κ1) is 16.5. The maximum atomic E-state index is 5.43. The third kappa shape index (κ3) is 3.87. The van der Waals surface area contributed by atoms with Gasteiger partial charge in [0.2, 0.25) is 5.88 Å². The van der Waals surface area contributed by atoms with Gasteiger partial charge in [0.25, 0.3) is 0 Å². The molecule has 1 aromatic carbocycles. The number of hydrogen-bond acceptors (Lipinski definition) is 4. The topological polar surface area (TPSA) is 42.3 Å². The fraction of sp³-hybridized carbons (Fsp3) is 0.471. The third-order valence-corrected chi connectivity index (χ3v) is 3.70. The molecule has 0 saturated heterocycles. The van der Waals surface area contributed by atoms with Gasteiger partial charge in [0.15, 0.2) is 0 Å². The molecule has 22 heavy (non-hydrogen) atoms. The second-order valence-corrected chi connectivity index (χ2v) is 5.81. The van der Waals surface area contributed by atoms with E-state index < -0.39 is 0 Å². The van der Waals surface area contributed by atoms with Crippen molar-refractivity contribution in [3.05, 3.63) is 46.6 Å². The van der Waals surface area contributed by atoms with E-state index in [1.54, 1.807) is 11.8 Å². The monoisotopic (exact) mass is 302 g/mol. The first-order valence-corrected chi connectivity index (χ1v) is 7.51. The number of benzene rings is 1. The van der Waals surface area contributed by atoms with Gasteiger partial charge < -0.3 is 15.0 Å². The molecule has 1 N–H and O–H groups in total. The second kappa shape index (κ2) is 7.42. The molecule has 0 radical (unpaired) electrons. The van der Waals surface area contributed by atoms with Gasteiger partial charge in [-0.3, -0.25) is 0 Å². The van der Waals surface area contributed by atoms with Gasteiger partial charge in [0.1, 0.15) is 0 Å². The van der Waals surface area contributed by atoms with Crippen LogP contribution in [0.1, 0.15) is 22.4 Å². The summed E-state index contributed by atoms with van der Waals surface area (Å²) >= 11 is 0. The van der Waals surface area contributed by atoms with Crippen LogP contribution in [-0.2, 0) is 26.7 Å². The fourth-order valence-corrected chi connectivity index (χ4v) is 2.69. The van der Waals surface area contributed by atoms with Crippen LogP contribution in [0.4, 0.5) is 0 Å². The van der Waals surface area contributed by atoms with Crippen LogP contribution in [-0.4, -0.2) is 35.9 Å². The Labute approximate surface area is 132 Å². The number of hydrogen-bond donors (Lipinski definition) is 1. The summed E-state index contributed by atoms with van der Waals surface area (Å²) in [6.45, 7) is 4.55. The van der Waals surface area contributed by atoms with Gasteiger partial charge in [0, 0.05) is 26.7 Å². The quantitative estimate of drug-likeness (QED) is 0.850. The van der Waals surface area contributed by atoms with Crippen LogP contribution in [0.5, 0.6) is 5.88 Å². The molecule has 0 aliphatic rings. The highest BCUT2D eigenvalue weighted by molar-refractivity contribution is 5.31.